The summed E-state index contributed by atoms with van der Waals surface area (Å²) in [5.74, 6) is 0.824. The Balaban J connectivity index is 1.79. The van der Waals surface area contributed by atoms with E-state index in [0.29, 0.717) is 6.61 Å². The van der Waals surface area contributed by atoms with Gasteiger partial charge in [-0.1, -0.05) is 18.2 Å². The van der Waals surface area contributed by atoms with Gasteiger partial charge in [-0.25, -0.2) is 0 Å². The van der Waals surface area contributed by atoms with Gasteiger partial charge in [0.15, 0.2) is 0 Å². The molecule has 2 unspecified atom stereocenters. The van der Waals surface area contributed by atoms with Crippen molar-refractivity contribution in [2.24, 2.45) is 0 Å². The minimum atomic E-state index is -0.459. The van der Waals surface area contributed by atoms with E-state index in [1.807, 2.05) is 24.3 Å². The molecule has 2 atom stereocenters. The molecule has 4 nitrogen and oxygen atoms in total. The molecule has 0 saturated carbocycles. The molecular weight excluding hydrogens is 252 g/mol. The molecule has 0 bridgehead atoms. The molecule has 0 aliphatic carbocycles. The lowest BCUT2D eigenvalue weighted by Gasteiger charge is -2.49. The van der Waals surface area contributed by atoms with E-state index in [4.69, 9.17) is 4.74 Å². The highest BCUT2D eigenvalue weighted by Gasteiger charge is 2.39. The van der Waals surface area contributed by atoms with Crippen molar-refractivity contribution < 1.29 is 9.84 Å². The lowest BCUT2D eigenvalue weighted by molar-refractivity contribution is -0.0478. The molecule has 2 heterocycles. The molecule has 0 amide bonds. The quantitative estimate of drug-likeness (QED) is 0.843. The first-order valence-corrected chi connectivity index (χ1v) is 7.34. The summed E-state index contributed by atoms with van der Waals surface area (Å²) < 4.78 is 5.84. The van der Waals surface area contributed by atoms with Gasteiger partial charge in [-0.05, 0) is 27.0 Å². The second-order valence-corrected chi connectivity index (χ2v) is 6.57. The van der Waals surface area contributed by atoms with Crippen molar-refractivity contribution in [2.45, 2.75) is 31.5 Å². The van der Waals surface area contributed by atoms with Gasteiger partial charge in [0.05, 0.1) is 6.04 Å². The molecule has 4 heteroatoms. The highest BCUT2D eigenvalue weighted by molar-refractivity contribution is 5.37. The number of rotatable bonds is 1. The summed E-state index contributed by atoms with van der Waals surface area (Å²) in [7, 11) is 2.17. The van der Waals surface area contributed by atoms with Crippen LogP contribution in [0, 0.1) is 0 Å². The minimum Gasteiger partial charge on any atom is -0.491 e. The number of likely N-dealkylation sites (N-methyl/N-ethyl adjacent to an activating group) is 1. The molecule has 1 saturated heterocycles. The Morgan fingerprint density at radius 3 is 2.75 bits per heavy atom. The van der Waals surface area contributed by atoms with Gasteiger partial charge in [0.25, 0.3) is 0 Å². The lowest BCUT2D eigenvalue weighted by Crippen LogP contribution is -2.62. The van der Waals surface area contributed by atoms with Crippen LogP contribution in [0.4, 0.5) is 0 Å². The fourth-order valence-electron chi connectivity index (χ4n) is 3.20. The SMILES string of the molecule is CN1CCN(C2COc3ccccc3C2O)CC1(C)C. The second-order valence-electron chi connectivity index (χ2n) is 6.57. The molecule has 20 heavy (non-hydrogen) atoms. The number of hydrogen-bond acceptors (Lipinski definition) is 4. The van der Waals surface area contributed by atoms with Crippen LogP contribution < -0.4 is 4.74 Å². The predicted molar refractivity (Wildman–Crippen MR) is 79.0 cm³/mol. The smallest absolute Gasteiger partial charge is 0.125 e. The van der Waals surface area contributed by atoms with E-state index in [2.05, 4.69) is 30.7 Å². The summed E-state index contributed by atoms with van der Waals surface area (Å²) in [6.45, 7) is 8.03. The van der Waals surface area contributed by atoms with Gasteiger partial charge in [-0.15, -0.1) is 0 Å². The summed E-state index contributed by atoms with van der Waals surface area (Å²) in [5.41, 5.74) is 1.05. The molecular formula is C16H24N2O2. The maximum atomic E-state index is 10.7. The monoisotopic (exact) mass is 276 g/mol. The van der Waals surface area contributed by atoms with Crippen LogP contribution in [0.2, 0.25) is 0 Å². The van der Waals surface area contributed by atoms with E-state index in [9.17, 15) is 5.11 Å². The Kier molecular flexibility index (Phi) is 3.48. The van der Waals surface area contributed by atoms with Crippen molar-refractivity contribution in [3.8, 4) is 5.75 Å². The number of para-hydroxylation sites is 1. The topological polar surface area (TPSA) is 35.9 Å². The van der Waals surface area contributed by atoms with Crippen molar-refractivity contribution >= 4 is 0 Å². The van der Waals surface area contributed by atoms with Crippen LogP contribution in [0.5, 0.6) is 5.75 Å². The molecule has 0 aromatic heterocycles. The highest BCUT2D eigenvalue weighted by Crippen LogP contribution is 2.35. The van der Waals surface area contributed by atoms with Gasteiger partial charge in [0.2, 0.25) is 0 Å². The highest BCUT2D eigenvalue weighted by atomic mass is 16.5. The van der Waals surface area contributed by atoms with E-state index in [-0.39, 0.29) is 11.6 Å². The molecule has 0 spiro atoms. The summed E-state index contributed by atoms with van der Waals surface area (Å²) in [6.07, 6.45) is -0.459. The summed E-state index contributed by atoms with van der Waals surface area (Å²) in [5, 5.41) is 10.7. The van der Waals surface area contributed by atoms with Crippen LogP contribution in [0.15, 0.2) is 24.3 Å². The molecule has 1 aromatic rings. The van der Waals surface area contributed by atoms with Crippen molar-refractivity contribution in [1.29, 1.82) is 0 Å². The largest absolute Gasteiger partial charge is 0.491 e. The number of hydrogen-bond donors (Lipinski definition) is 1. The minimum absolute atomic E-state index is 0.0536. The molecule has 1 fully saturated rings. The Bertz CT molecular complexity index is 489. The van der Waals surface area contributed by atoms with Crippen LogP contribution in [0.3, 0.4) is 0 Å². The zero-order valence-corrected chi connectivity index (χ0v) is 12.5. The van der Waals surface area contributed by atoms with E-state index < -0.39 is 6.10 Å². The van der Waals surface area contributed by atoms with Crippen LogP contribution in [0.25, 0.3) is 0 Å². The third-order valence-electron chi connectivity index (χ3n) is 4.83. The van der Waals surface area contributed by atoms with Crippen molar-refractivity contribution in [2.75, 3.05) is 33.3 Å². The van der Waals surface area contributed by atoms with Gasteiger partial charge in [-0.3, -0.25) is 9.80 Å². The van der Waals surface area contributed by atoms with Crippen LogP contribution in [-0.2, 0) is 0 Å². The van der Waals surface area contributed by atoms with E-state index in [1.165, 1.54) is 0 Å². The molecule has 110 valence electrons. The number of ether oxygens (including phenoxy) is 1. The Labute approximate surface area is 120 Å². The number of fused-ring (bicyclic) bond motifs is 1. The fourth-order valence-corrected chi connectivity index (χ4v) is 3.20. The first-order chi connectivity index (χ1) is 9.49. The normalized spacial score (nSPS) is 30.6. The number of aliphatic hydroxyl groups excluding tert-OH is 1. The molecule has 0 radical (unpaired) electrons. The van der Waals surface area contributed by atoms with Crippen molar-refractivity contribution in [3.05, 3.63) is 29.8 Å². The molecule has 3 rings (SSSR count). The summed E-state index contributed by atoms with van der Waals surface area (Å²) in [6, 6.07) is 7.86. The average molecular weight is 276 g/mol. The van der Waals surface area contributed by atoms with Crippen LogP contribution >= 0.6 is 0 Å². The van der Waals surface area contributed by atoms with Gasteiger partial charge in [0.1, 0.15) is 18.5 Å². The Morgan fingerprint density at radius 1 is 1.25 bits per heavy atom. The average Bonchev–Trinajstić information content (AvgIpc) is 2.43. The summed E-state index contributed by atoms with van der Waals surface area (Å²) >= 11 is 0. The standard InChI is InChI=1S/C16H24N2O2/c1-16(2)11-18(9-8-17(16)3)13-10-20-14-7-5-4-6-12(14)15(13)19/h4-7,13,15,19H,8-11H2,1-3H3. The van der Waals surface area contributed by atoms with E-state index >= 15 is 0 Å². The zero-order valence-electron chi connectivity index (χ0n) is 12.5. The van der Waals surface area contributed by atoms with Gasteiger partial charge in [0, 0.05) is 30.7 Å². The zero-order chi connectivity index (χ0) is 14.3. The predicted octanol–water partition coefficient (Wildman–Crippen LogP) is 1.51. The van der Waals surface area contributed by atoms with Crippen LogP contribution in [-0.4, -0.2) is 59.8 Å². The van der Waals surface area contributed by atoms with Crippen LogP contribution in [0.1, 0.15) is 25.5 Å². The molecule has 1 N–H and O–H groups in total. The maximum Gasteiger partial charge on any atom is 0.125 e. The Morgan fingerprint density at radius 2 is 2.00 bits per heavy atom. The number of piperazine rings is 1. The first kappa shape index (κ1) is 13.9. The lowest BCUT2D eigenvalue weighted by atomic mass is 9.93. The van der Waals surface area contributed by atoms with Crippen molar-refractivity contribution in [1.82, 2.24) is 9.80 Å². The Hall–Kier alpha value is -1.10. The van der Waals surface area contributed by atoms with Crippen molar-refractivity contribution in [3.63, 3.8) is 0 Å². The number of aliphatic hydroxyl groups is 1. The first-order valence-electron chi connectivity index (χ1n) is 7.34. The number of nitrogens with zero attached hydrogens (tertiary/aromatic N) is 2. The number of benzene rings is 1. The van der Waals surface area contributed by atoms with Gasteiger partial charge < -0.3 is 9.84 Å². The second kappa shape index (κ2) is 5.02. The summed E-state index contributed by atoms with van der Waals surface area (Å²) in [4.78, 5) is 4.76. The van der Waals surface area contributed by atoms with E-state index in [0.717, 1.165) is 30.9 Å². The maximum absolute atomic E-state index is 10.7. The third kappa shape index (κ3) is 2.32. The molecule has 1 aromatic carbocycles. The third-order valence-corrected chi connectivity index (χ3v) is 4.83. The van der Waals surface area contributed by atoms with E-state index in [1.54, 1.807) is 0 Å². The fraction of sp³-hybridized carbons (Fsp3) is 0.625. The van der Waals surface area contributed by atoms with Gasteiger partial charge in [-0.2, -0.15) is 0 Å². The van der Waals surface area contributed by atoms with Gasteiger partial charge >= 0.3 is 0 Å². The molecule has 2 aliphatic heterocycles. The molecule has 2 aliphatic rings.